The second-order valence-corrected chi connectivity index (χ2v) is 6.91. The van der Waals surface area contributed by atoms with Crippen LogP contribution in [0.5, 0.6) is 0 Å². The number of thiocarbonyl (C=S) groups is 1. The van der Waals surface area contributed by atoms with E-state index in [1.54, 1.807) is 12.4 Å². The van der Waals surface area contributed by atoms with E-state index in [1.807, 2.05) is 24.4 Å². The van der Waals surface area contributed by atoms with E-state index < -0.39 is 0 Å². The van der Waals surface area contributed by atoms with Crippen LogP contribution in [0.15, 0.2) is 47.8 Å². The maximum Gasteiger partial charge on any atom is 0.184 e. The molecule has 1 aromatic heterocycles. The van der Waals surface area contributed by atoms with Gasteiger partial charge in [-0.15, -0.1) is 0 Å². The number of nitrogens with zero attached hydrogens (tertiary/aromatic N) is 4. The van der Waals surface area contributed by atoms with E-state index in [2.05, 4.69) is 37.4 Å². The fraction of sp³-hybridized carbons (Fsp3) is 0.278. The third-order valence-electron chi connectivity index (χ3n) is 4.23. The van der Waals surface area contributed by atoms with Gasteiger partial charge in [-0.2, -0.15) is 5.10 Å². The number of hydrazone groups is 1. The fourth-order valence-corrected chi connectivity index (χ4v) is 3.17. The summed E-state index contributed by atoms with van der Waals surface area (Å²) in [5.74, 6) is 0. The molecule has 0 radical (unpaired) electrons. The summed E-state index contributed by atoms with van der Waals surface area (Å²) in [5, 5.41) is 4.71. The monoisotopic (exact) mass is 388 g/mol. The lowest BCUT2D eigenvalue weighted by Gasteiger charge is -2.36. The summed E-state index contributed by atoms with van der Waals surface area (Å²) >= 11 is 11.1. The fourth-order valence-electron chi connectivity index (χ4n) is 2.90. The minimum absolute atomic E-state index is 0.123. The standard InChI is InChI=1S/C18H21ClN6S/c19-17-10-16(4-3-15(17)12-22-23-18(20)26)25-8-6-24(7-9-25)13-14-2-1-5-21-11-14/h1-5,10-12H,6-9,13H2,(H3,20,23,26)/b22-12+. The number of anilines is 1. The average molecular weight is 389 g/mol. The number of nitrogens with two attached hydrogens (primary N) is 1. The summed E-state index contributed by atoms with van der Waals surface area (Å²) in [5.41, 5.74) is 11.0. The van der Waals surface area contributed by atoms with Crippen molar-refractivity contribution in [2.24, 2.45) is 10.8 Å². The molecule has 1 saturated heterocycles. The Morgan fingerprint density at radius 3 is 2.77 bits per heavy atom. The van der Waals surface area contributed by atoms with Crippen LogP contribution >= 0.6 is 23.8 Å². The van der Waals surface area contributed by atoms with E-state index in [4.69, 9.17) is 29.6 Å². The Balaban J connectivity index is 1.56. The van der Waals surface area contributed by atoms with Crippen LogP contribution in [0.2, 0.25) is 5.02 Å². The highest BCUT2D eigenvalue weighted by molar-refractivity contribution is 7.80. The first kappa shape index (κ1) is 18.6. The van der Waals surface area contributed by atoms with Crippen LogP contribution in [0.25, 0.3) is 0 Å². The molecule has 3 rings (SSSR count). The number of rotatable bonds is 5. The lowest BCUT2D eigenvalue weighted by atomic mass is 10.2. The second-order valence-electron chi connectivity index (χ2n) is 6.06. The number of hydrogen-bond donors (Lipinski definition) is 2. The molecule has 1 fully saturated rings. The minimum Gasteiger partial charge on any atom is -0.375 e. The van der Waals surface area contributed by atoms with Gasteiger partial charge in [0.2, 0.25) is 0 Å². The van der Waals surface area contributed by atoms with Crippen molar-refractivity contribution in [3.8, 4) is 0 Å². The largest absolute Gasteiger partial charge is 0.375 e. The Morgan fingerprint density at radius 2 is 2.12 bits per heavy atom. The molecule has 0 amide bonds. The van der Waals surface area contributed by atoms with Gasteiger partial charge >= 0.3 is 0 Å². The lowest BCUT2D eigenvalue weighted by molar-refractivity contribution is 0.249. The van der Waals surface area contributed by atoms with Crippen molar-refractivity contribution in [3.05, 3.63) is 58.9 Å². The predicted octanol–water partition coefficient (Wildman–Crippen LogP) is 2.22. The van der Waals surface area contributed by atoms with Crippen LogP contribution < -0.4 is 16.1 Å². The number of hydrogen-bond acceptors (Lipinski definition) is 5. The Bertz CT molecular complexity index is 775. The molecular formula is C18H21ClN6S. The second kappa shape index (κ2) is 8.93. The molecule has 0 bridgehead atoms. The maximum absolute atomic E-state index is 6.37. The number of piperazine rings is 1. The van der Waals surface area contributed by atoms with E-state index in [-0.39, 0.29) is 5.11 Å². The normalized spacial score (nSPS) is 15.3. The first-order chi connectivity index (χ1) is 12.6. The first-order valence-electron chi connectivity index (χ1n) is 8.36. The molecule has 3 N–H and O–H groups in total. The van der Waals surface area contributed by atoms with Crippen molar-refractivity contribution in [2.75, 3.05) is 31.1 Å². The quantitative estimate of drug-likeness (QED) is 0.465. The van der Waals surface area contributed by atoms with Gasteiger partial charge in [0.25, 0.3) is 0 Å². The van der Waals surface area contributed by atoms with Gasteiger partial charge in [-0.3, -0.25) is 15.3 Å². The van der Waals surface area contributed by atoms with E-state index in [0.29, 0.717) is 5.02 Å². The predicted molar refractivity (Wildman–Crippen MR) is 111 cm³/mol. The number of pyridine rings is 1. The summed E-state index contributed by atoms with van der Waals surface area (Å²) in [6, 6.07) is 10.1. The Labute approximate surface area is 163 Å². The molecule has 0 spiro atoms. The van der Waals surface area contributed by atoms with Crippen LogP contribution in [0.1, 0.15) is 11.1 Å². The summed E-state index contributed by atoms with van der Waals surface area (Å²) in [4.78, 5) is 8.97. The first-order valence-corrected chi connectivity index (χ1v) is 9.15. The lowest BCUT2D eigenvalue weighted by Crippen LogP contribution is -2.46. The van der Waals surface area contributed by atoms with Gasteiger partial charge < -0.3 is 10.6 Å². The Morgan fingerprint density at radius 1 is 1.31 bits per heavy atom. The Hall–Kier alpha value is -2.22. The zero-order valence-electron chi connectivity index (χ0n) is 14.3. The van der Waals surface area contributed by atoms with Crippen LogP contribution in [-0.4, -0.2) is 47.4 Å². The SMILES string of the molecule is NC(=S)N/N=C/c1ccc(N2CCN(Cc3cccnc3)CC2)cc1Cl. The van der Waals surface area contributed by atoms with Gasteiger partial charge in [-0.25, -0.2) is 0 Å². The van der Waals surface area contributed by atoms with E-state index in [9.17, 15) is 0 Å². The van der Waals surface area contributed by atoms with Gasteiger partial charge in [-0.05, 0) is 42.0 Å². The van der Waals surface area contributed by atoms with Crippen molar-refractivity contribution in [1.29, 1.82) is 0 Å². The molecule has 0 atom stereocenters. The summed E-state index contributed by atoms with van der Waals surface area (Å²) in [6.07, 6.45) is 5.34. The molecule has 8 heteroatoms. The molecule has 0 saturated carbocycles. The van der Waals surface area contributed by atoms with Crippen LogP contribution in [0.4, 0.5) is 5.69 Å². The smallest absolute Gasteiger partial charge is 0.184 e. The van der Waals surface area contributed by atoms with Gasteiger partial charge in [0.05, 0.1) is 11.2 Å². The van der Waals surface area contributed by atoms with Crippen molar-refractivity contribution in [3.63, 3.8) is 0 Å². The topological polar surface area (TPSA) is 69.8 Å². The van der Waals surface area contributed by atoms with Gasteiger partial charge in [0, 0.05) is 56.4 Å². The highest BCUT2D eigenvalue weighted by Crippen LogP contribution is 2.24. The summed E-state index contributed by atoms with van der Waals surface area (Å²) < 4.78 is 0. The third-order valence-corrected chi connectivity index (χ3v) is 4.65. The highest BCUT2D eigenvalue weighted by Gasteiger charge is 2.18. The zero-order chi connectivity index (χ0) is 18.4. The molecule has 136 valence electrons. The number of aromatic nitrogens is 1. The van der Waals surface area contributed by atoms with E-state index in [0.717, 1.165) is 44.0 Å². The minimum atomic E-state index is 0.123. The molecule has 0 unspecified atom stereocenters. The van der Waals surface area contributed by atoms with Gasteiger partial charge in [0.15, 0.2) is 5.11 Å². The van der Waals surface area contributed by atoms with Crippen LogP contribution in [-0.2, 0) is 6.54 Å². The highest BCUT2D eigenvalue weighted by atomic mass is 35.5. The number of halogens is 1. The molecule has 0 aliphatic carbocycles. The van der Waals surface area contributed by atoms with Crippen LogP contribution in [0.3, 0.4) is 0 Å². The zero-order valence-corrected chi connectivity index (χ0v) is 15.9. The molecule has 2 aromatic rings. The molecule has 2 heterocycles. The number of benzene rings is 1. The van der Waals surface area contributed by atoms with Crippen LogP contribution in [0, 0.1) is 0 Å². The Kier molecular flexibility index (Phi) is 6.38. The molecule has 1 aromatic carbocycles. The molecular weight excluding hydrogens is 368 g/mol. The molecule has 1 aliphatic heterocycles. The van der Waals surface area contributed by atoms with Crippen molar-refractivity contribution in [2.45, 2.75) is 6.54 Å². The van der Waals surface area contributed by atoms with Crippen molar-refractivity contribution in [1.82, 2.24) is 15.3 Å². The van der Waals surface area contributed by atoms with E-state index >= 15 is 0 Å². The summed E-state index contributed by atoms with van der Waals surface area (Å²) in [6.45, 7) is 4.88. The molecule has 6 nitrogen and oxygen atoms in total. The van der Waals surface area contributed by atoms with Gasteiger partial charge in [0.1, 0.15) is 0 Å². The maximum atomic E-state index is 6.37. The molecule has 26 heavy (non-hydrogen) atoms. The summed E-state index contributed by atoms with van der Waals surface area (Å²) in [7, 11) is 0. The van der Waals surface area contributed by atoms with E-state index in [1.165, 1.54) is 5.56 Å². The average Bonchev–Trinajstić information content (AvgIpc) is 2.64. The van der Waals surface area contributed by atoms with Crippen molar-refractivity contribution >= 4 is 40.8 Å². The number of nitrogens with one attached hydrogen (secondary N) is 1. The van der Waals surface area contributed by atoms with Crippen molar-refractivity contribution < 1.29 is 0 Å². The van der Waals surface area contributed by atoms with Gasteiger partial charge in [-0.1, -0.05) is 17.7 Å². The molecule has 1 aliphatic rings. The third kappa shape index (κ3) is 5.14.